The minimum absolute atomic E-state index is 0.0223. The highest BCUT2D eigenvalue weighted by molar-refractivity contribution is 7.90. The van der Waals surface area contributed by atoms with Gasteiger partial charge in [-0.15, -0.1) is 0 Å². The van der Waals surface area contributed by atoms with Crippen molar-refractivity contribution in [3.8, 4) is 0 Å². The number of rotatable bonds is 4. The predicted octanol–water partition coefficient (Wildman–Crippen LogP) is 2.45. The van der Waals surface area contributed by atoms with Crippen LogP contribution in [0.3, 0.4) is 0 Å². The van der Waals surface area contributed by atoms with Crippen molar-refractivity contribution in [2.75, 3.05) is 0 Å². The largest absolute Gasteiger partial charge is 0.416 e. The summed E-state index contributed by atoms with van der Waals surface area (Å²) in [5.74, 6) is -0.413. The first kappa shape index (κ1) is 19.9. The van der Waals surface area contributed by atoms with Gasteiger partial charge in [-0.25, -0.2) is 8.42 Å². The Balaban J connectivity index is 1.67. The molecule has 0 saturated carbocycles. The maximum atomic E-state index is 12.6. The number of hydrogen-bond donors (Lipinski definition) is 2. The van der Waals surface area contributed by atoms with E-state index in [2.05, 4.69) is 15.0 Å². The number of nitrogens with one attached hydrogen (secondary N) is 2. The van der Waals surface area contributed by atoms with E-state index in [4.69, 9.17) is 0 Å². The summed E-state index contributed by atoms with van der Waals surface area (Å²) in [6.07, 6.45) is -4.42. The Hall–Kier alpha value is -2.88. The van der Waals surface area contributed by atoms with Crippen LogP contribution in [0.2, 0.25) is 0 Å². The molecule has 10 heteroatoms. The molecule has 6 nitrogen and oxygen atoms in total. The second-order valence-corrected chi connectivity index (χ2v) is 7.82. The number of nitrogens with zero attached hydrogens (tertiary/aromatic N) is 1. The molecule has 2 aromatic carbocycles. The van der Waals surface area contributed by atoms with Crippen LogP contribution >= 0.6 is 0 Å². The molecule has 0 saturated heterocycles. The summed E-state index contributed by atoms with van der Waals surface area (Å²) in [7, 11) is -3.70. The number of hydrogen-bond acceptors (Lipinski definition) is 4. The lowest BCUT2D eigenvalue weighted by Crippen LogP contribution is -2.33. The number of amides is 1. The number of fused-ring (bicyclic) bond motifs is 1. The van der Waals surface area contributed by atoms with Crippen LogP contribution in [0.15, 0.2) is 58.4 Å². The number of carbonyl (C=O) groups excluding carboxylic acids is 1. The first-order valence-corrected chi connectivity index (χ1v) is 9.70. The Labute approximate surface area is 159 Å². The number of carbonyl (C=O) groups is 1. The van der Waals surface area contributed by atoms with E-state index in [1.54, 1.807) is 18.2 Å². The molecule has 1 amide bonds. The highest BCUT2D eigenvalue weighted by Gasteiger charge is 2.31. The van der Waals surface area contributed by atoms with E-state index in [0.29, 0.717) is 11.1 Å². The normalized spacial score (nSPS) is 17.6. The number of benzene rings is 2. The topological polar surface area (TPSA) is 87.6 Å². The molecular formula is C18H16F3N3O3S. The Morgan fingerprint density at radius 2 is 1.79 bits per heavy atom. The van der Waals surface area contributed by atoms with Gasteiger partial charge in [0, 0.05) is 12.1 Å². The molecule has 0 spiro atoms. The van der Waals surface area contributed by atoms with Crippen LogP contribution < -0.4 is 10.0 Å². The van der Waals surface area contributed by atoms with Gasteiger partial charge >= 0.3 is 6.18 Å². The van der Waals surface area contributed by atoms with Gasteiger partial charge in [0.25, 0.3) is 10.0 Å². The van der Waals surface area contributed by atoms with E-state index in [9.17, 15) is 26.4 Å². The minimum atomic E-state index is -4.42. The summed E-state index contributed by atoms with van der Waals surface area (Å²) in [6.45, 7) is 1.51. The third-order valence-electron chi connectivity index (χ3n) is 4.11. The van der Waals surface area contributed by atoms with Crippen molar-refractivity contribution in [3.63, 3.8) is 0 Å². The van der Waals surface area contributed by atoms with Crippen LogP contribution in [0.4, 0.5) is 13.2 Å². The van der Waals surface area contributed by atoms with Crippen molar-refractivity contribution in [2.24, 2.45) is 4.99 Å². The zero-order valence-corrected chi connectivity index (χ0v) is 15.4. The van der Waals surface area contributed by atoms with Crippen LogP contribution in [0.5, 0.6) is 0 Å². The Kier molecular flexibility index (Phi) is 5.16. The van der Waals surface area contributed by atoms with Gasteiger partial charge < -0.3 is 5.32 Å². The molecule has 3 rings (SSSR count). The molecule has 0 unspecified atom stereocenters. The molecule has 0 fully saturated rings. The van der Waals surface area contributed by atoms with E-state index in [0.717, 1.165) is 12.1 Å². The summed E-state index contributed by atoms with van der Waals surface area (Å²) in [5.41, 5.74) is 0.104. The van der Waals surface area contributed by atoms with Crippen molar-refractivity contribution in [1.29, 1.82) is 0 Å². The molecule has 0 aliphatic carbocycles. The third kappa shape index (κ3) is 4.16. The summed E-state index contributed by atoms with van der Waals surface area (Å²) >= 11 is 0. The Morgan fingerprint density at radius 1 is 1.14 bits per heavy atom. The zero-order valence-electron chi connectivity index (χ0n) is 14.6. The molecule has 1 heterocycles. The quantitative estimate of drug-likeness (QED) is 0.810. The van der Waals surface area contributed by atoms with Crippen molar-refractivity contribution >= 4 is 21.8 Å². The second kappa shape index (κ2) is 7.27. The van der Waals surface area contributed by atoms with Gasteiger partial charge in [-0.3, -0.25) is 14.5 Å². The summed E-state index contributed by atoms with van der Waals surface area (Å²) < 4.78 is 64.1. The van der Waals surface area contributed by atoms with E-state index in [1.807, 2.05) is 0 Å². The SMILES string of the molecule is C[C@H](N=C1NS(=O)(=O)c2ccccc21)C(=O)NCc1ccc(C(F)(F)F)cc1. The Bertz CT molecular complexity index is 1030. The van der Waals surface area contributed by atoms with Gasteiger partial charge in [-0.2, -0.15) is 13.2 Å². The zero-order chi connectivity index (χ0) is 20.5. The lowest BCUT2D eigenvalue weighted by atomic mass is 10.1. The summed E-state index contributed by atoms with van der Waals surface area (Å²) in [4.78, 5) is 16.5. The summed E-state index contributed by atoms with van der Waals surface area (Å²) in [5, 5.41) is 2.57. The number of alkyl halides is 3. The van der Waals surface area contributed by atoms with Crippen LogP contribution in [-0.2, 0) is 27.5 Å². The number of aliphatic imine (C=N–C) groups is 1. The maximum Gasteiger partial charge on any atom is 0.416 e. The van der Waals surface area contributed by atoms with Gasteiger partial charge in [0.1, 0.15) is 11.9 Å². The van der Waals surface area contributed by atoms with Crippen LogP contribution in [-0.4, -0.2) is 26.2 Å². The fourth-order valence-electron chi connectivity index (χ4n) is 2.63. The average Bonchev–Trinajstić information content (AvgIpc) is 2.90. The van der Waals surface area contributed by atoms with E-state index >= 15 is 0 Å². The van der Waals surface area contributed by atoms with E-state index in [1.165, 1.54) is 25.1 Å². The highest BCUT2D eigenvalue weighted by atomic mass is 32.2. The third-order valence-corrected chi connectivity index (χ3v) is 5.51. The molecule has 1 atom stereocenters. The monoisotopic (exact) mass is 411 g/mol. The fourth-order valence-corrected chi connectivity index (χ4v) is 3.87. The van der Waals surface area contributed by atoms with Crippen molar-refractivity contribution in [2.45, 2.75) is 30.6 Å². The number of amidine groups is 1. The molecule has 2 aromatic rings. The van der Waals surface area contributed by atoms with Crippen LogP contribution in [0.25, 0.3) is 0 Å². The molecule has 0 radical (unpaired) electrons. The fraction of sp³-hybridized carbons (Fsp3) is 0.222. The molecule has 1 aliphatic heterocycles. The molecular weight excluding hydrogens is 395 g/mol. The first-order valence-electron chi connectivity index (χ1n) is 8.22. The van der Waals surface area contributed by atoms with Crippen LogP contribution in [0, 0.1) is 0 Å². The molecule has 1 aliphatic rings. The first-order chi connectivity index (χ1) is 13.1. The molecule has 148 valence electrons. The van der Waals surface area contributed by atoms with E-state index < -0.39 is 33.7 Å². The van der Waals surface area contributed by atoms with E-state index in [-0.39, 0.29) is 17.3 Å². The van der Waals surface area contributed by atoms with Crippen molar-refractivity contribution in [1.82, 2.24) is 10.0 Å². The highest BCUT2D eigenvalue weighted by Crippen LogP contribution is 2.29. The molecule has 2 N–H and O–H groups in total. The predicted molar refractivity (Wildman–Crippen MR) is 96.1 cm³/mol. The van der Waals surface area contributed by atoms with Gasteiger partial charge in [-0.05, 0) is 36.8 Å². The standard InChI is InChI=1S/C18H16F3N3O3S/c1-11(23-16-14-4-2-3-5-15(14)28(26,27)24-16)17(25)22-10-12-6-8-13(9-7-12)18(19,20)21/h2-9,11H,10H2,1H3,(H,22,25)(H,23,24)/t11-/m0/s1. The smallest absolute Gasteiger partial charge is 0.350 e. The average molecular weight is 411 g/mol. The lowest BCUT2D eigenvalue weighted by Gasteiger charge is -2.11. The van der Waals surface area contributed by atoms with Gasteiger partial charge in [0.2, 0.25) is 5.91 Å². The lowest BCUT2D eigenvalue weighted by molar-refractivity contribution is -0.137. The summed E-state index contributed by atoms with van der Waals surface area (Å²) in [6, 6.07) is 9.80. The van der Waals surface area contributed by atoms with Crippen molar-refractivity contribution < 1.29 is 26.4 Å². The van der Waals surface area contributed by atoms with Gasteiger partial charge in [-0.1, -0.05) is 24.3 Å². The second-order valence-electron chi connectivity index (χ2n) is 6.17. The number of halogens is 3. The van der Waals surface area contributed by atoms with Crippen molar-refractivity contribution in [3.05, 3.63) is 65.2 Å². The Morgan fingerprint density at radius 3 is 2.43 bits per heavy atom. The van der Waals surface area contributed by atoms with Gasteiger partial charge in [0.05, 0.1) is 10.5 Å². The molecule has 0 aromatic heterocycles. The molecule has 0 bridgehead atoms. The number of sulfonamides is 1. The van der Waals surface area contributed by atoms with Gasteiger partial charge in [0.15, 0.2) is 0 Å². The minimum Gasteiger partial charge on any atom is -0.350 e. The molecule has 28 heavy (non-hydrogen) atoms. The maximum absolute atomic E-state index is 12.6. The van der Waals surface area contributed by atoms with Crippen LogP contribution in [0.1, 0.15) is 23.6 Å².